The highest BCUT2D eigenvalue weighted by atomic mass is 16.5. The van der Waals surface area contributed by atoms with Gasteiger partial charge in [0.05, 0.1) is 5.69 Å². The molecule has 100 valence electrons. The van der Waals surface area contributed by atoms with Gasteiger partial charge in [0, 0.05) is 19.1 Å². The molecule has 1 saturated heterocycles. The van der Waals surface area contributed by atoms with Crippen LogP contribution < -0.4 is 10.5 Å². The smallest absolute Gasteiger partial charge is 0.142 e. The van der Waals surface area contributed by atoms with E-state index in [2.05, 4.69) is 18.7 Å². The average Bonchev–Trinajstić information content (AvgIpc) is 2.36. The Morgan fingerprint density at radius 2 is 2.06 bits per heavy atom. The predicted octanol–water partition coefficient (Wildman–Crippen LogP) is 2.77. The van der Waals surface area contributed by atoms with Crippen LogP contribution in [-0.2, 0) is 0 Å². The monoisotopic (exact) mass is 248 g/mol. The summed E-state index contributed by atoms with van der Waals surface area (Å²) < 4.78 is 5.76. The number of nitrogens with zero attached hydrogens (tertiary/aromatic N) is 1. The van der Waals surface area contributed by atoms with Gasteiger partial charge in [0.1, 0.15) is 12.4 Å². The molecule has 18 heavy (non-hydrogen) atoms. The van der Waals surface area contributed by atoms with Gasteiger partial charge in [0.25, 0.3) is 0 Å². The Hall–Kier alpha value is -1.22. The minimum absolute atomic E-state index is 0.679. The molecule has 0 amide bonds. The summed E-state index contributed by atoms with van der Waals surface area (Å²) in [5.74, 6) is 1.61. The number of nitrogen functional groups attached to an aromatic ring is 1. The van der Waals surface area contributed by atoms with Crippen LogP contribution in [0.4, 0.5) is 5.69 Å². The topological polar surface area (TPSA) is 38.5 Å². The van der Waals surface area contributed by atoms with Crippen LogP contribution in [0.25, 0.3) is 0 Å². The number of ether oxygens (including phenoxy) is 1. The van der Waals surface area contributed by atoms with Crippen molar-refractivity contribution in [2.45, 2.75) is 32.7 Å². The number of hydrogen-bond acceptors (Lipinski definition) is 3. The maximum atomic E-state index is 5.85. The van der Waals surface area contributed by atoms with Crippen molar-refractivity contribution in [1.29, 1.82) is 0 Å². The van der Waals surface area contributed by atoms with Crippen LogP contribution in [0.3, 0.4) is 0 Å². The molecule has 1 aromatic rings. The van der Waals surface area contributed by atoms with Crippen LogP contribution in [0.5, 0.6) is 5.75 Å². The number of para-hydroxylation sites is 2. The molecule has 3 nitrogen and oxygen atoms in total. The Morgan fingerprint density at radius 3 is 2.83 bits per heavy atom. The number of hydrogen-bond donors (Lipinski definition) is 1. The fourth-order valence-corrected chi connectivity index (χ4v) is 2.58. The van der Waals surface area contributed by atoms with Gasteiger partial charge in [-0.1, -0.05) is 19.1 Å². The van der Waals surface area contributed by atoms with Crippen LogP contribution in [0.2, 0.25) is 0 Å². The second-order valence-corrected chi connectivity index (χ2v) is 5.41. The lowest BCUT2D eigenvalue weighted by Gasteiger charge is -2.36. The summed E-state index contributed by atoms with van der Waals surface area (Å²) in [4.78, 5) is 2.52. The summed E-state index contributed by atoms with van der Waals surface area (Å²) in [7, 11) is 0. The highest BCUT2D eigenvalue weighted by Gasteiger charge is 2.22. The minimum Gasteiger partial charge on any atom is -0.490 e. The van der Waals surface area contributed by atoms with Crippen LogP contribution in [-0.4, -0.2) is 30.6 Å². The molecule has 0 aliphatic carbocycles. The molecule has 0 saturated carbocycles. The van der Waals surface area contributed by atoms with Crippen molar-refractivity contribution in [2.24, 2.45) is 5.92 Å². The fraction of sp³-hybridized carbons (Fsp3) is 0.600. The van der Waals surface area contributed by atoms with Gasteiger partial charge in [-0.3, -0.25) is 4.90 Å². The molecule has 1 aromatic carbocycles. The lowest BCUT2D eigenvalue weighted by Crippen LogP contribution is -2.43. The third-order valence-electron chi connectivity index (χ3n) is 3.80. The number of anilines is 1. The van der Waals surface area contributed by atoms with Crippen LogP contribution in [0.1, 0.15) is 26.7 Å². The summed E-state index contributed by atoms with van der Waals surface area (Å²) in [5, 5.41) is 0. The Kier molecular flexibility index (Phi) is 4.48. The van der Waals surface area contributed by atoms with E-state index in [0.29, 0.717) is 12.6 Å². The maximum Gasteiger partial charge on any atom is 0.142 e. The second kappa shape index (κ2) is 6.10. The first-order valence-electron chi connectivity index (χ1n) is 6.88. The van der Waals surface area contributed by atoms with Gasteiger partial charge >= 0.3 is 0 Å². The quantitative estimate of drug-likeness (QED) is 0.833. The maximum absolute atomic E-state index is 5.85. The van der Waals surface area contributed by atoms with E-state index in [0.717, 1.165) is 23.9 Å². The zero-order chi connectivity index (χ0) is 13.0. The molecule has 3 heteroatoms. The van der Waals surface area contributed by atoms with Crippen molar-refractivity contribution in [3.8, 4) is 5.75 Å². The summed E-state index contributed by atoms with van der Waals surface area (Å²) in [6.45, 7) is 7.53. The predicted molar refractivity (Wildman–Crippen MR) is 75.8 cm³/mol. The molecular formula is C15H24N2O. The molecule has 2 atom stereocenters. The Morgan fingerprint density at radius 1 is 1.28 bits per heavy atom. The van der Waals surface area contributed by atoms with Gasteiger partial charge in [-0.15, -0.1) is 0 Å². The van der Waals surface area contributed by atoms with Gasteiger partial charge < -0.3 is 10.5 Å². The van der Waals surface area contributed by atoms with Crippen LogP contribution in [0, 0.1) is 5.92 Å². The van der Waals surface area contributed by atoms with Crippen molar-refractivity contribution in [3.63, 3.8) is 0 Å². The normalized spacial score (nSPS) is 25.0. The molecule has 1 fully saturated rings. The van der Waals surface area contributed by atoms with E-state index >= 15 is 0 Å². The van der Waals surface area contributed by atoms with E-state index in [-0.39, 0.29) is 0 Å². The SMILES string of the molecule is CC1CCC(C)N(CCOc2ccccc2N)C1. The first-order chi connectivity index (χ1) is 8.66. The van der Waals surface area contributed by atoms with E-state index in [1.807, 2.05) is 24.3 Å². The second-order valence-electron chi connectivity index (χ2n) is 5.41. The molecule has 0 bridgehead atoms. The largest absolute Gasteiger partial charge is 0.490 e. The van der Waals surface area contributed by atoms with Gasteiger partial charge in [-0.2, -0.15) is 0 Å². The molecule has 1 aliphatic rings. The molecule has 1 aliphatic heterocycles. The zero-order valence-corrected chi connectivity index (χ0v) is 11.4. The van der Waals surface area contributed by atoms with E-state index in [1.54, 1.807) is 0 Å². The standard InChI is InChI=1S/C15H24N2O/c1-12-7-8-13(2)17(11-12)9-10-18-15-6-4-3-5-14(15)16/h3-6,12-13H,7-11,16H2,1-2H3. The third kappa shape index (κ3) is 3.39. The van der Waals surface area contributed by atoms with Crippen LogP contribution in [0.15, 0.2) is 24.3 Å². The fourth-order valence-electron chi connectivity index (χ4n) is 2.58. The first kappa shape index (κ1) is 13.2. The van der Waals surface area contributed by atoms with Crippen molar-refractivity contribution in [1.82, 2.24) is 4.90 Å². The minimum atomic E-state index is 0.679. The molecule has 0 aromatic heterocycles. The highest BCUT2D eigenvalue weighted by Crippen LogP contribution is 2.22. The third-order valence-corrected chi connectivity index (χ3v) is 3.80. The number of nitrogens with two attached hydrogens (primary N) is 1. The van der Waals surface area contributed by atoms with Crippen molar-refractivity contribution < 1.29 is 4.74 Å². The molecule has 2 rings (SSSR count). The van der Waals surface area contributed by atoms with Crippen molar-refractivity contribution in [3.05, 3.63) is 24.3 Å². The molecular weight excluding hydrogens is 224 g/mol. The lowest BCUT2D eigenvalue weighted by molar-refractivity contribution is 0.105. The Bertz CT molecular complexity index is 381. The van der Waals surface area contributed by atoms with Crippen molar-refractivity contribution in [2.75, 3.05) is 25.4 Å². The summed E-state index contributed by atoms with van der Waals surface area (Å²) in [6, 6.07) is 8.37. The van der Waals surface area contributed by atoms with Crippen LogP contribution >= 0.6 is 0 Å². The summed E-state index contributed by atoms with van der Waals surface area (Å²) >= 11 is 0. The average molecular weight is 248 g/mol. The van der Waals surface area contributed by atoms with Gasteiger partial charge in [-0.25, -0.2) is 0 Å². The number of benzene rings is 1. The van der Waals surface area contributed by atoms with Gasteiger partial charge in [0.2, 0.25) is 0 Å². The number of rotatable bonds is 4. The van der Waals surface area contributed by atoms with Crippen molar-refractivity contribution >= 4 is 5.69 Å². The number of piperidine rings is 1. The molecule has 1 heterocycles. The lowest BCUT2D eigenvalue weighted by atomic mass is 9.95. The van der Waals surface area contributed by atoms with Gasteiger partial charge in [0.15, 0.2) is 0 Å². The first-order valence-corrected chi connectivity index (χ1v) is 6.88. The van der Waals surface area contributed by atoms with E-state index < -0.39 is 0 Å². The Labute approximate surface area is 110 Å². The zero-order valence-electron chi connectivity index (χ0n) is 11.4. The molecule has 2 unspecified atom stereocenters. The Balaban J connectivity index is 1.79. The molecule has 0 spiro atoms. The van der Waals surface area contributed by atoms with Gasteiger partial charge in [-0.05, 0) is 37.8 Å². The molecule has 2 N–H and O–H groups in total. The molecule has 0 radical (unpaired) electrons. The summed E-state index contributed by atoms with van der Waals surface area (Å²) in [5.41, 5.74) is 6.57. The highest BCUT2D eigenvalue weighted by molar-refractivity contribution is 5.51. The van der Waals surface area contributed by atoms with E-state index in [9.17, 15) is 0 Å². The number of likely N-dealkylation sites (tertiary alicyclic amines) is 1. The van der Waals surface area contributed by atoms with E-state index in [1.165, 1.54) is 19.4 Å². The summed E-state index contributed by atoms with van der Waals surface area (Å²) in [6.07, 6.45) is 2.65. The van der Waals surface area contributed by atoms with E-state index in [4.69, 9.17) is 10.5 Å².